The molecule has 0 saturated carbocycles. The molecule has 0 atom stereocenters. The van der Waals surface area contributed by atoms with E-state index in [9.17, 15) is 4.39 Å². The van der Waals surface area contributed by atoms with Crippen molar-refractivity contribution in [1.82, 2.24) is 4.98 Å². The molecule has 0 fully saturated rings. The van der Waals surface area contributed by atoms with Crippen molar-refractivity contribution in [3.63, 3.8) is 0 Å². The average Bonchev–Trinajstić information content (AvgIpc) is 2.04. The molecule has 2 aromatic rings. The SMILES string of the molecule is Fc1cnc2c[c]ccc2c1. The lowest BCUT2D eigenvalue weighted by atomic mass is 10.2. The number of pyridine rings is 1. The van der Waals surface area contributed by atoms with Gasteiger partial charge in [-0.3, -0.25) is 4.98 Å². The summed E-state index contributed by atoms with van der Waals surface area (Å²) in [6, 6.07) is 9.58. The Kier molecular flexibility index (Phi) is 1.32. The van der Waals surface area contributed by atoms with Crippen molar-refractivity contribution in [2.45, 2.75) is 0 Å². The van der Waals surface area contributed by atoms with E-state index in [1.165, 1.54) is 12.3 Å². The maximum Gasteiger partial charge on any atom is 0.142 e. The van der Waals surface area contributed by atoms with Gasteiger partial charge in [-0.05, 0) is 18.2 Å². The second kappa shape index (κ2) is 2.31. The zero-order valence-corrected chi connectivity index (χ0v) is 5.71. The molecular weight excluding hydrogens is 141 g/mol. The Labute approximate surface area is 63.5 Å². The van der Waals surface area contributed by atoms with Gasteiger partial charge < -0.3 is 0 Å². The molecule has 11 heavy (non-hydrogen) atoms. The summed E-state index contributed by atoms with van der Waals surface area (Å²) in [7, 11) is 0. The molecule has 0 N–H and O–H groups in total. The maximum atomic E-state index is 12.6. The van der Waals surface area contributed by atoms with E-state index in [4.69, 9.17) is 0 Å². The molecule has 0 saturated heterocycles. The Bertz CT molecular complexity index is 384. The third-order valence-electron chi connectivity index (χ3n) is 1.50. The van der Waals surface area contributed by atoms with Gasteiger partial charge in [0.05, 0.1) is 11.7 Å². The normalized spacial score (nSPS) is 10.3. The van der Waals surface area contributed by atoms with Gasteiger partial charge in [0.2, 0.25) is 0 Å². The highest BCUT2D eigenvalue weighted by molar-refractivity contribution is 5.77. The molecular formula is C9H5FN. The van der Waals surface area contributed by atoms with Crippen LogP contribution in [0.25, 0.3) is 10.9 Å². The van der Waals surface area contributed by atoms with Crippen molar-refractivity contribution < 1.29 is 4.39 Å². The van der Waals surface area contributed by atoms with Crippen LogP contribution in [0.1, 0.15) is 0 Å². The minimum atomic E-state index is -0.302. The van der Waals surface area contributed by atoms with E-state index in [1.54, 1.807) is 18.2 Å². The van der Waals surface area contributed by atoms with Gasteiger partial charge in [-0.15, -0.1) is 0 Å². The number of aromatic nitrogens is 1. The topological polar surface area (TPSA) is 12.9 Å². The van der Waals surface area contributed by atoms with Crippen molar-refractivity contribution in [3.05, 3.63) is 42.3 Å². The van der Waals surface area contributed by atoms with E-state index in [-0.39, 0.29) is 5.82 Å². The zero-order chi connectivity index (χ0) is 7.68. The molecule has 0 aliphatic carbocycles. The summed E-state index contributed by atoms with van der Waals surface area (Å²) >= 11 is 0. The van der Waals surface area contributed by atoms with Gasteiger partial charge in [-0.1, -0.05) is 12.1 Å². The summed E-state index contributed by atoms with van der Waals surface area (Å²) in [6.45, 7) is 0. The van der Waals surface area contributed by atoms with Gasteiger partial charge in [0.1, 0.15) is 5.82 Å². The lowest BCUT2D eigenvalue weighted by Crippen LogP contribution is -1.79. The fourth-order valence-electron chi connectivity index (χ4n) is 0.985. The molecule has 1 heterocycles. The summed E-state index contributed by atoms with van der Waals surface area (Å²) in [6.07, 6.45) is 1.20. The van der Waals surface area contributed by atoms with Crippen LogP contribution < -0.4 is 0 Å². The number of benzene rings is 1. The largest absolute Gasteiger partial charge is 0.253 e. The highest BCUT2D eigenvalue weighted by Crippen LogP contribution is 2.10. The van der Waals surface area contributed by atoms with E-state index in [2.05, 4.69) is 11.1 Å². The van der Waals surface area contributed by atoms with Crippen LogP contribution >= 0.6 is 0 Å². The smallest absolute Gasteiger partial charge is 0.142 e. The van der Waals surface area contributed by atoms with Gasteiger partial charge in [0, 0.05) is 5.39 Å². The average molecular weight is 146 g/mol. The molecule has 2 rings (SSSR count). The molecule has 1 aromatic heterocycles. The van der Waals surface area contributed by atoms with E-state index >= 15 is 0 Å². The quantitative estimate of drug-likeness (QED) is 0.555. The summed E-state index contributed by atoms with van der Waals surface area (Å²) < 4.78 is 12.6. The van der Waals surface area contributed by atoms with Gasteiger partial charge >= 0.3 is 0 Å². The molecule has 2 heteroatoms. The standard InChI is InChI=1S/C9H5FN/c10-8-5-7-3-1-2-4-9(7)11-6-8/h1,3-6H. The Hall–Kier alpha value is -1.44. The van der Waals surface area contributed by atoms with Crippen molar-refractivity contribution in [3.8, 4) is 0 Å². The number of rotatable bonds is 0. The van der Waals surface area contributed by atoms with Crippen molar-refractivity contribution in [2.75, 3.05) is 0 Å². The first-order chi connectivity index (χ1) is 5.36. The monoisotopic (exact) mass is 146 g/mol. The third-order valence-corrected chi connectivity index (χ3v) is 1.50. The number of halogens is 1. The predicted octanol–water partition coefficient (Wildman–Crippen LogP) is 2.17. The highest BCUT2D eigenvalue weighted by atomic mass is 19.1. The van der Waals surface area contributed by atoms with Crippen LogP contribution in [0.3, 0.4) is 0 Å². The number of hydrogen-bond donors (Lipinski definition) is 0. The van der Waals surface area contributed by atoms with Crippen molar-refractivity contribution in [2.24, 2.45) is 0 Å². The van der Waals surface area contributed by atoms with Gasteiger partial charge in [0.25, 0.3) is 0 Å². The first-order valence-electron chi connectivity index (χ1n) is 3.27. The molecule has 1 radical (unpaired) electrons. The molecule has 53 valence electrons. The summed E-state index contributed by atoms with van der Waals surface area (Å²) in [5.41, 5.74) is 0.772. The molecule has 0 aliphatic heterocycles. The van der Waals surface area contributed by atoms with E-state index in [0.29, 0.717) is 0 Å². The van der Waals surface area contributed by atoms with Crippen molar-refractivity contribution in [1.29, 1.82) is 0 Å². The molecule has 1 aromatic carbocycles. The Morgan fingerprint density at radius 3 is 3.27 bits per heavy atom. The van der Waals surface area contributed by atoms with Crippen LogP contribution in [0.5, 0.6) is 0 Å². The minimum absolute atomic E-state index is 0.302. The first kappa shape index (κ1) is 6.28. The van der Waals surface area contributed by atoms with Gasteiger partial charge in [0.15, 0.2) is 0 Å². The van der Waals surface area contributed by atoms with Crippen molar-refractivity contribution >= 4 is 10.9 Å². The molecule has 1 nitrogen and oxygen atoms in total. The summed E-state index contributed by atoms with van der Waals surface area (Å²) in [5.74, 6) is -0.302. The Balaban J connectivity index is 2.83. The number of hydrogen-bond acceptors (Lipinski definition) is 1. The van der Waals surface area contributed by atoms with Gasteiger partial charge in [-0.2, -0.15) is 0 Å². The van der Waals surface area contributed by atoms with Crippen LogP contribution in [0.2, 0.25) is 0 Å². The third kappa shape index (κ3) is 1.07. The molecule has 0 aliphatic rings. The van der Waals surface area contributed by atoms with Crippen LogP contribution in [0.4, 0.5) is 4.39 Å². The first-order valence-corrected chi connectivity index (χ1v) is 3.27. The van der Waals surface area contributed by atoms with E-state index < -0.39 is 0 Å². The predicted molar refractivity (Wildman–Crippen MR) is 40.5 cm³/mol. The number of fused-ring (bicyclic) bond motifs is 1. The lowest BCUT2D eigenvalue weighted by molar-refractivity contribution is 0.624. The van der Waals surface area contributed by atoms with E-state index in [0.717, 1.165) is 10.9 Å². The van der Waals surface area contributed by atoms with Crippen LogP contribution in [0.15, 0.2) is 30.5 Å². The molecule has 0 spiro atoms. The van der Waals surface area contributed by atoms with Crippen LogP contribution in [0, 0.1) is 11.9 Å². The van der Waals surface area contributed by atoms with Crippen LogP contribution in [-0.4, -0.2) is 4.98 Å². The fourth-order valence-corrected chi connectivity index (χ4v) is 0.985. The van der Waals surface area contributed by atoms with E-state index in [1.807, 2.05) is 0 Å². The number of nitrogens with zero attached hydrogens (tertiary/aromatic N) is 1. The zero-order valence-electron chi connectivity index (χ0n) is 5.71. The minimum Gasteiger partial charge on any atom is -0.253 e. The highest BCUT2D eigenvalue weighted by Gasteiger charge is 1.93. The summed E-state index contributed by atoms with van der Waals surface area (Å²) in [5, 5.41) is 0.809. The summed E-state index contributed by atoms with van der Waals surface area (Å²) in [4.78, 5) is 3.87. The second-order valence-electron chi connectivity index (χ2n) is 2.27. The molecule has 0 amide bonds. The van der Waals surface area contributed by atoms with Gasteiger partial charge in [-0.25, -0.2) is 4.39 Å². The molecule has 0 bridgehead atoms. The molecule has 0 unspecified atom stereocenters. The lowest BCUT2D eigenvalue weighted by Gasteiger charge is -1.93. The fraction of sp³-hybridized carbons (Fsp3) is 0. The Morgan fingerprint density at radius 1 is 1.45 bits per heavy atom. The maximum absolute atomic E-state index is 12.6. The second-order valence-corrected chi connectivity index (χ2v) is 2.27. The Morgan fingerprint density at radius 2 is 2.36 bits per heavy atom. The van der Waals surface area contributed by atoms with Crippen LogP contribution in [-0.2, 0) is 0 Å².